The van der Waals surface area contributed by atoms with Crippen molar-refractivity contribution in [2.24, 2.45) is 0 Å². The van der Waals surface area contributed by atoms with Crippen LogP contribution in [0.5, 0.6) is 5.75 Å². The minimum atomic E-state index is -0.817. The van der Waals surface area contributed by atoms with Crippen molar-refractivity contribution in [1.82, 2.24) is 0 Å². The third-order valence-corrected chi connectivity index (χ3v) is 2.35. The molecule has 6 nitrogen and oxygen atoms in total. The van der Waals surface area contributed by atoms with E-state index in [4.69, 9.17) is 19.5 Å². The molecule has 0 fully saturated rings. The molecular formula is C15H15NO5. The van der Waals surface area contributed by atoms with Gasteiger partial charge in [0.2, 0.25) is 0 Å². The number of hydrogen-bond donors (Lipinski definition) is 0. The first-order valence-electron chi connectivity index (χ1n) is 6.29. The molecule has 21 heavy (non-hydrogen) atoms. The van der Waals surface area contributed by atoms with E-state index in [2.05, 4.69) is 6.58 Å². The van der Waals surface area contributed by atoms with Crippen molar-refractivity contribution in [2.45, 2.75) is 12.8 Å². The maximum atomic E-state index is 11.3. The highest BCUT2D eigenvalue weighted by Gasteiger charge is 2.06. The Hall–Kier alpha value is -2.81. The van der Waals surface area contributed by atoms with E-state index in [1.165, 1.54) is 24.3 Å². The van der Waals surface area contributed by atoms with Gasteiger partial charge in [-0.05, 0) is 37.1 Å². The maximum Gasteiger partial charge on any atom is 0.513 e. The predicted octanol–water partition coefficient (Wildman–Crippen LogP) is 2.58. The van der Waals surface area contributed by atoms with Crippen LogP contribution in [0.1, 0.15) is 18.4 Å². The number of carbonyl (C=O) groups is 2. The Labute approximate surface area is 122 Å². The molecule has 0 spiro atoms. The van der Waals surface area contributed by atoms with Gasteiger partial charge in [0.1, 0.15) is 5.75 Å². The molecule has 0 bridgehead atoms. The van der Waals surface area contributed by atoms with E-state index in [0.29, 0.717) is 24.2 Å². The monoisotopic (exact) mass is 289 g/mol. The largest absolute Gasteiger partial charge is 0.513 e. The van der Waals surface area contributed by atoms with E-state index in [0.717, 1.165) is 6.08 Å². The second kappa shape index (κ2) is 9.15. The molecule has 0 unspecified atom stereocenters. The SMILES string of the molecule is C=CC(=O)OCCCCOC(=O)Oc1ccc(C#N)cc1. The van der Waals surface area contributed by atoms with Gasteiger partial charge in [0.15, 0.2) is 0 Å². The third kappa shape index (κ3) is 6.78. The van der Waals surface area contributed by atoms with Crippen LogP contribution in [0.2, 0.25) is 0 Å². The molecule has 0 amide bonds. The average Bonchev–Trinajstić information content (AvgIpc) is 2.51. The normalized spacial score (nSPS) is 9.29. The molecule has 1 rings (SSSR count). The van der Waals surface area contributed by atoms with Gasteiger partial charge in [0, 0.05) is 6.08 Å². The van der Waals surface area contributed by atoms with Gasteiger partial charge in [-0.1, -0.05) is 6.58 Å². The molecule has 0 atom stereocenters. The summed E-state index contributed by atoms with van der Waals surface area (Å²) in [5.74, 6) is -0.171. The van der Waals surface area contributed by atoms with Crippen molar-refractivity contribution in [3.8, 4) is 11.8 Å². The third-order valence-electron chi connectivity index (χ3n) is 2.35. The van der Waals surface area contributed by atoms with Crippen LogP contribution in [0.25, 0.3) is 0 Å². The quantitative estimate of drug-likeness (QED) is 0.332. The molecule has 6 heteroatoms. The van der Waals surface area contributed by atoms with Crippen LogP contribution in [0.4, 0.5) is 4.79 Å². The predicted molar refractivity (Wildman–Crippen MR) is 73.5 cm³/mol. The summed E-state index contributed by atoms with van der Waals surface area (Å²) in [6.07, 6.45) is 1.39. The smallest absolute Gasteiger partial charge is 0.463 e. The Morgan fingerprint density at radius 2 is 1.76 bits per heavy atom. The first kappa shape index (κ1) is 16.2. The number of esters is 1. The minimum Gasteiger partial charge on any atom is -0.463 e. The Morgan fingerprint density at radius 1 is 1.14 bits per heavy atom. The van der Waals surface area contributed by atoms with Gasteiger partial charge < -0.3 is 14.2 Å². The molecule has 0 N–H and O–H groups in total. The van der Waals surface area contributed by atoms with E-state index >= 15 is 0 Å². The summed E-state index contributed by atoms with van der Waals surface area (Å²) in [5.41, 5.74) is 0.477. The van der Waals surface area contributed by atoms with Gasteiger partial charge in [-0.2, -0.15) is 5.26 Å². The van der Waals surface area contributed by atoms with E-state index in [9.17, 15) is 9.59 Å². The molecule has 0 radical (unpaired) electrons. The van der Waals surface area contributed by atoms with Gasteiger partial charge >= 0.3 is 12.1 Å². The Bertz CT molecular complexity index is 530. The molecule has 0 saturated heterocycles. The molecular weight excluding hydrogens is 274 g/mol. The van der Waals surface area contributed by atoms with Crippen molar-refractivity contribution >= 4 is 12.1 Å². The fourth-order valence-electron chi connectivity index (χ4n) is 1.31. The summed E-state index contributed by atoms with van der Waals surface area (Å²) in [6.45, 7) is 3.69. The molecule has 110 valence electrons. The van der Waals surface area contributed by atoms with Crippen molar-refractivity contribution in [3.63, 3.8) is 0 Å². The lowest BCUT2D eigenvalue weighted by atomic mass is 10.2. The number of carbonyl (C=O) groups excluding carboxylic acids is 2. The standard InChI is InChI=1S/C15H15NO5/c1-2-14(17)19-9-3-4-10-20-15(18)21-13-7-5-12(11-16)6-8-13/h2,5-8H,1,3-4,9-10H2. The topological polar surface area (TPSA) is 85.6 Å². The van der Waals surface area contributed by atoms with Crippen molar-refractivity contribution in [1.29, 1.82) is 5.26 Å². The summed E-state index contributed by atoms with van der Waals surface area (Å²) in [5, 5.41) is 8.63. The van der Waals surface area contributed by atoms with Crippen LogP contribution >= 0.6 is 0 Å². The van der Waals surface area contributed by atoms with Crippen LogP contribution in [-0.2, 0) is 14.3 Å². The fraction of sp³-hybridized carbons (Fsp3) is 0.267. The highest BCUT2D eigenvalue weighted by Crippen LogP contribution is 2.12. The number of benzene rings is 1. The molecule has 1 aromatic rings. The van der Waals surface area contributed by atoms with Crippen molar-refractivity contribution in [3.05, 3.63) is 42.5 Å². The zero-order chi connectivity index (χ0) is 15.5. The minimum absolute atomic E-state index is 0.167. The Kier molecular flexibility index (Phi) is 7.08. The van der Waals surface area contributed by atoms with Gasteiger partial charge in [-0.3, -0.25) is 0 Å². The summed E-state index contributed by atoms with van der Waals surface area (Å²) < 4.78 is 14.5. The van der Waals surface area contributed by atoms with Crippen LogP contribution in [0.3, 0.4) is 0 Å². The number of unbranched alkanes of at least 4 members (excludes halogenated alkanes) is 1. The number of nitrogens with zero attached hydrogens (tertiary/aromatic N) is 1. The maximum absolute atomic E-state index is 11.3. The highest BCUT2D eigenvalue weighted by molar-refractivity contribution is 5.81. The summed E-state index contributed by atoms with van der Waals surface area (Å²) in [4.78, 5) is 22.1. The van der Waals surface area contributed by atoms with Gasteiger partial charge in [-0.15, -0.1) is 0 Å². The molecule has 0 aromatic heterocycles. The van der Waals surface area contributed by atoms with Gasteiger partial charge in [-0.25, -0.2) is 9.59 Å². The lowest BCUT2D eigenvalue weighted by Gasteiger charge is -2.06. The Morgan fingerprint density at radius 3 is 2.33 bits per heavy atom. The molecule has 0 aliphatic rings. The van der Waals surface area contributed by atoms with E-state index in [1.54, 1.807) is 0 Å². The first-order chi connectivity index (χ1) is 10.2. The summed E-state index contributed by atoms with van der Waals surface area (Å²) in [6, 6.07) is 8.05. The van der Waals surface area contributed by atoms with E-state index in [-0.39, 0.29) is 13.2 Å². The number of ether oxygens (including phenoxy) is 3. The average molecular weight is 289 g/mol. The number of hydrogen-bond acceptors (Lipinski definition) is 6. The second-order valence-electron chi connectivity index (χ2n) is 3.92. The summed E-state index contributed by atoms with van der Waals surface area (Å²) in [7, 11) is 0. The van der Waals surface area contributed by atoms with Gasteiger partial charge in [0.05, 0.1) is 24.8 Å². The van der Waals surface area contributed by atoms with Crippen LogP contribution in [-0.4, -0.2) is 25.3 Å². The molecule has 0 aliphatic heterocycles. The lowest BCUT2D eigenvalue weighted by molar-refractivity contribution is -0.137. The first-order valence-corrected chi connectivity index (χ1v) is 6.29. The van der Waals surface area contributed by atoms with E-state index < -0.39 is 12.1 Å². The zero-order valence-corrected chi connectivity index (χ0v) is 11.4. The number of rotatable bonds is 7. The number of nitriles is 1. The van der Waals surface area contributed by atoms with Crippen LogP contribution in [0, 0.1) is 11.3 Å². The second-order valence-corrected chi connectivity index (χ2v) is 3.92. The fourth-order valence-corrected chi connectivity index (χ4v) is 1.31. The Balaban J connectivity index is 2.15. The molecule has 0 aliphatic carbocycles. The molecule has 0 saturated carbocycles. The van der Waals surface area contributed by atoms with Gasteiger partial charge in [0.25, 0.3) is 0 Å². The summed E-state index contributed by atoms with van der Waals surface area (Å²) >= 11 is 0. The van der Waals surface area contributed by atoms with Crippen molar-refractivity contribution < 1.29 is 23.8 Å². The van der Waals surface area contributed by atoms with E-state index in [1.807, 2.05) is 6.07 Å². The van der Waals surface area contributed by atoms with Crippen LogP contribution in [0.15, 0.2) is 36.9 Å². The molecule has 0 heterocycles. The zero-order valence-electron chi connectivity index (χ0n) is 11.4. The van der Waals surface area contributed by atoms with Crippen LogP contribution < -0.4 is 4.74 Å². The lowest BCUT2D eigenvalue weighted by Crippen LogP contribution is -2.12. The van der Waals surface area contributed by atoms with Crippen molar-refractivity contribution in [2.75, 3.05) is 13.2 Å². The molecule has 1 aromatic carbocycles. The highest BCUT2D eigenvalue weighted by atomic mass is 16.7.